The lowest BCUT2D eigenvalue weighted by Crippen LogP contribution is -2.18. The number of hydrogen-bond donors (Lipinski definition) is 1. The van der Waals surface area contributed by atoms with Gasteiger partial charge in [-0.15, -0.1) is 11.3 Å². The summed E-state index contributed by atoms with van der Waals surface area (Å²) in [4.78, 5) is 8.20. The van der Waals surface area contributed by atoms with E-state index in [1.165, 1.54) is 11.3 Å². The summed E-state index contributed by atoms with van der Waals surface area (Å²) in [7, 11) is 2.08. The average Bonchev–Trinajstić information content (AvgIpc) is 2.62. The zero-order chi connectivity index (χ0) is 10.1. The maximum atomic E-state index is 6.03. The number of aryl methyl sites for hydroxylation is 1. The number of nitrogens with zero attached hydrogens (tertiary/aromatic N) is 2. The van der Waals surface area contributed by atoms with E-state index >= 15 is 0 Å². The van der Waals surface area contributed by atoms with Gasteiger partial charge < -0.3 is 10.6 Å². The van der Waals surface area contributed by atoms with E-state index in [0.717, 1.165) is 30.2 Å². The maximum absolute atomic E-state index is 6.03. The van der Waals surface area contributed by atoms with E-state index in [1.54, 1.807) is 11.3 Å². The minimum Gasteiger partial charge on any atom is -0.351 e. The molecule has 4 heteroatoms. The molecule has 0 spiro atoms. The number of hydrogen-bond acceptors (Lipinski definition) is 4. The van der Waals surface area contributed by atoms with Crippen LogP contribution in [-0.4, -0.2) is 18.6 Å². The topological polar surface area (TPSA) is 42.2 Å². The Morgan fingerprint density at radius 1 is 1.64 bits per heavy atom. The number of anilines is 1. The molecule has 1 aliphatic carbocycles. The van der Waals surface area contributed by atoms with Gasteiger partial charge in [0.25, 0.3) is 0 Å². The molecule has 0 saturated carbocycles. The van der Waals surface area contributed by atoms with Crippen LogP contribution in [0.2, 0.25) is 0 Å². The lowest BCUT2D eigenvalue weighted by atomic mass is 9.99. The Kier molecular flexibility index (Phi) is 2.74. The first-order chi connectivity index (χ1) is 6.72. The highest BCUT2D eigenvalue weighted by molar-refractivity contribution is 7.15. The maximum Gasteiger partial charge on any atom is 0.185 e. The molecule has 0 aromatic carbocycles. The Morgan fingerprint density at radius 2 is 2.43 bits per heavy atom. The van der Waals surface area contributed by atoms with Crippen LogP contribution in [0, 0.1) is 0 Å². The molecule has 2 N–H and O–H groups in total. The molecule has 0 radical (unpaired) electrons. The molecule has 1 aromatic heterocycles. The fraction of sp³-hybridized carbons (Fsp3) is 0.700. The molecule has 78 valence electrons. The summed E-state index contributed by atoms with van der Waals surface area (Å²) in [5.74, 6) is 0. The third-order valence-electron chi connectivity index (χ3n) is 2.79. The predicted molar refractivity (Wildman–Crippen MR) is 60.9 cm³/mol. The van der Waals surface area contributed by atoms with Crippen LogP contribution < -0.4 is 10.6 Å². The molecule has 3 nitrogen and oxygen atoms in total. The molecule has 1 aliphatic rings. The summed E-state index contributed by atoms with van der Waals surface area (Å²) in [6, 6.07) is 0.175. The van der Waals surface area contributed by atoms with Gasteiger partial charge in [-0.1, -0.05) is 0 Å². The Bertz CT molecular complexity index is 321. The highest BCUT2D eigenvalue weighted by atomic mass is 32.1. The van der Waals surface area contributed by atoms with Crippen LogP contribution in [0.3, 0.4) is 0 Å². The van der Waals surface area contributed by atoms with Crippen molar-refractivity contribution in [2.75, 3.05) is 18.5 Å². The third-order valence-corrected chi connectivity index (χ3v) is 4.03. The van der Waals surface area contributed by atoms with Crippen molar-refractivity contribution in [3.8, 4) is 0 Å². The van der Waals surface area contributed by atoms with E-state index in [9.17, 15) is 0 Å². The van der Waals surface area contributed by atoms with Crippen molar-refractivity contribution >= 4 is 16.5 Å². The summed E-state index contributed by atoms with van der Waals surface area (Å²) >= 11 is 1.81. The highest BCUT2D eigenvalue weighted by Gasteiger charge is 2.22. The second-order valence-electron chi connectivity index (χ2n) is 3.82. The second-order valence-corrected chi connectivity index (χ2v) is 4.88. The van der Waals surface area contributed by atoms with Crippen molar-refractivity contribution in [3.63, 3.8) is 0 Å². The second kappa shape index (κ2) is 3.87. The molecule has 1 aromatic rings. The Hall–Kier alpha value is -0.610. The van der Waals surface area contributed by atoms with Crippen LogP contribution in [-0.2, 0) is 6.42 Å². The molecule has 0 bridgehead atoms. The largest absolute Gasteiger partial charge is 0.351 e. The van der Waals surface area contributed by atoms with Gasteiger partial charge in [0.1, 0.15) is 0 Å². The molecule has 1 atom stereocenters. The van der Waals surface area contributed by atoms with Gasteiger partial charge in [0.05, 0.1) is 5.69 Å². The van der Waals surface area contributed by atoms with Crippen LogP contribution in [0.1, 0.15) is 36.4 Å². The first kappa shape index (κ1) is 9.93. The van der Waals surface area contributed by atoms with E-state index < -0.39 is 0 Å². The van der Waals surface area contributed by atoms with E-state index in [1.807, 2.05) is 0 Å². The molecule has 0 amide bonds. The van der Waals surface area contributed by atoms with Crippen LogP contribution in [0.4, 0.5) is 5.13 Å². The summed E-state index contributed by atoms with van der Waals surface area (Å²) in [5.41, 5.74) is 7.18. The monoisotopic (exact) mass is 211 g/mol. The van der Waals surface area contributed by atoms with Gasteiger partial charge in [-0.25, -0.2) is 4.98 Å². The first-order valence-electron chi connectivity index (χ1n) is 5.18. The summed E-state index contributed by atoms with van der Waals surface area (Å²) < 4.78 is 0. The molecular formula is C10H17N3S. The predicted octanol–water partition coefficient (Wildman–Crippen LogP) is 1.94. The van der Waals surface area contributed by atoms with Gasteiger partial charge in [0.15, 0.2) is 5.13 Å². The lowest BCUT2D eigenvalue weighted by Gasteiger charge is -2.15. The van der Waals surface area contributed by atoms with Gasteiger partial charge in [0, 0.05) is 24.5 Å². The molecule has 1 unspecified atom stereocenters. The Morgan fingerprint density at radius 3 is 3.07 bits per heavy atom. The number of nitrogens with two attached hydrogens (primary N) is 1. The lowest BCUT2D eigenvalue weighted by molar-refractivity contribution is 0.563. The average molecular weight is 211 g/mol. The van der Waals surface area contributed by atoms with Gasteiger partial charge >= 0.3 is 0 Å². The highest BCUT2D eigenvalue weighted by Crippen LogP contribution is 2.35. The minimum absolute atomic E-state index is 0.175. The smallest absolute Gasteiger partial charge is 0.185 e. The third kappa shape index (κ3) is 1.64. The van der Waals surface area contributed by atoms with Crippen LogP contribution in [0.25, 0.3) is 0 Å². The van der Waals surface area contributed by atoms with Crippen molar-refractivity contribution in [1.29, 1.82) is 0 Å². The molecule has 0 fully saturated rings. The van der Waals surface area contributed by atoms with Crippen molar-refractivity contribution in [1.82, 2.24) is 4.98 Å². The van der Waals surface area contributed by atoms with Gasteiger partial charge in [0.2, 0.25) is 0 Å². The van der Waals surface area contributed by atoms with Gasteiger partial charge in [-0.05, 0) is 26.2 Å². The number of thiazole rings is 1. The van der Waals surface area contributed by atoms with E-state index in [4.69, 9.17) is 5.73 Å². The van der Waals surface area contributed by atoms with Crippen molar-refractivity contribution < 1.29 is 0 Å². The molecule has 0 aliphatic heterocycles. The Balaban J connectivity index is 2.30. The minimum atomic E-state index is 0.175. The molecular weight excluding hydrogens is 194 g/mol. The standard InChI is InChI=1S/C10H17N3S/c1-3-13(2)10-12-9-7(11)5-4-6-8(9)14-10/h7H,3-6,11H2,1-2H3. The van der Waals surface area contributed by atoms with Crippen molar-refractivity contribution in [3.05, 3.63) is 10.6 Å². The van der Waals surface area contributed by atoms with Crippen molar-refractivity contribution in [2.24, 2.45) is 5.73 Å². The number of rotatable bonds is 2. The summed E-state index contributed by atoms with van der Waals surface area (Å²) in [5, 5.41) is 1.12. The normalized spacial score (nSPS) is 20.6. The number of aromatic nitrogens is 1. The van der Waals surface area contributed by atoms with Gasteiger partial charge in [-0.3, -0.25) is 0 Å². The fourth-order valence-corrected chi connectivity index (χ4v) is 2.93. The molecule has 0 saturated heterocycles. The van der Waals surface area contributed by atoms with E-state index in [-0.39, 0.29) is 6.04 Å². The summed E-state index contributed by atoms with van der Waals surface area (Å²) in [6.07, 6.45) is 3.47. The first-order valence-corrected chi connectivity index (χ1v) is 6.00. The fourth-order valence-electron chi connectivity index (χ4n) is 1.74. The summed E-state index contributed by atoms with van der Waals surface area (Å²) in [6.45, 7) is 3.14. The number of fused-ring (bicyclic) bond motifs is 1. The Labute approximate surface area is 88.9 Å². The zero-order valence-corrected chi connectivity index (χ0v) is 9.60. The van der Waals surface area contributed by atoms with Crippen molar-refractivity contribution in [2.45, 2.75) is 32.2 Å². The molecule has 14 heavy (non-hydrogen) atoms. The van der Waals surface area contributed by atoms with E-state index in [2.05, 4.69) is 23.9 Å². The zero-order valence-electron chi connectivity index (χ0n) is 8.79. The quantitative estimate of drug-likeness (QED) is 0.813. The van der Waals surface area contributed by atoms with Crippen LogP contribution >= 0.6 is 11.3 Å². The van der Waals surface area contributed by atoms with E-state index in [0.29, 0.717) is 0 Å². The molecule has 1 heterocycles. The van der Waals surface area contributed by atoms with Crippen LogP contribution in [0.15, 0.2) is 0 Å². The SMILES string of the molecule is CCN(C)c1nc2c(s1)CCCC2N. The van der Waals surface area contributed by atoms with Gasteiger partial charge in [-0.2, -0.15) is 0 Å². The van der Waals surface area contributed by atoms with Crippen LogP contribution in [0.5, 0.6) is 0 Å². The molecule has 2 rings (SSSR count).